The second-order valence-electron chi connectivity index (χ2n) is 7.58. The highest BCUT2D eigenvalue weighted by atomic mass is 19.4. The number of rotatable bonds is 9. The molecule has 6 nitrogen and oxygen atoms in total. The number of aromatic carboxylic acids is 2. The van der Waals surface area contributed by atoms with E-state index >= 15 is 0 Å². The van der Waals surface area contributed by atoms with Crippen molar-refractivity contribution in [2.24, 2.45) is 5.16 Å². The third-order valence-electron chi connectivity index (χ3n) is 5.34. The minimum absolute atomic E-state index is 0.142. The zero-order valence-electron chi connectivity index (χ0n) is 17.3. The lowest BCUT2D eigenvalue weighted by atomic mass is 9.91. The quantitative estimate of drug-likeness (QED) is 0.395. The zero-order valence-corrected chi connectivity index (χ0v) is 17.3. The molecular formula is C23H22F3NO5. The largest absolute Gasteiger partial charge is 0.478 e. The minimum atomic E-state index is -4.57. The molecule has 1 saturated carbocycles. The molecule has 2 N–H and O–H groups in total. The Balaban J connectivity index is 1.94. The van der Waals surface area contributed by atoms with Crippen molar-refractivity contribution >= 4 is 17.7 Å². The molecule has 0 aromatic heterocycles. The molecule has 0 radical (unpaired) electrons. The average molecular weight is 449 g/mol. The third kappa shape index (κ3) is 5.46. The molecular weight excluding hydrogens is 427 g/mol. The van der Waals surface area contributed by atoms with Crippen LogP contribution in [0.15, 0.2) is 41.6 Å². The third-order valence-corrected chi connectivity index (χ3v) is 5.34. The summed E-state index contributed by atoms with van der Waals surface area (Å²) < 4.78 is 38.8. The van der Waals surface area contributed by atoms with Crippen LogP contribution < -0.4 is 0 Å². The van der Waals surface area contributed by atoms with Crippen molar-refractivity contribution in [1.82, 2.24) is 0 Å². The Kier molecular flexibility index (Phi) is 6.86. The highest BCUT2D eigenvalue weighted by Gasteiger charge is 2.35. The molecule has 2 aromatic carbocycles. The first-order chi connectivity index (χ1) is 15.1. The number of carboxylic acid groups (broad SMARTS) is 2. The van der Waals surface area contributed by atoms with Crippen LogP contribution in [0.4, 0.5) is 13.2 Å². The summed E-state index contributed by atoms with van der Waals surface area (Å²) in [6.07, 6.45) is -2.83. The lowest BCUT2D eigenvalue weighted by Gasteiger charge is -2.16. The van der Waals surface area contributed by atoms with E-state index in [4.69, 9.17) is 9.94 Å². The molecule has 1 aliphatic carbocycles. The molecule has 0 saturated heterocycles. The molecule has 0 atom stereocenters. The summed E-state index contributed by atoms with van der Waals surface area (Å²) in [5, 5.41) is 22.0. The lowest BCUT2D eigenvalue weighted by Crippen LogP contribution is -2.22. The van der Waals surface area contributed by atoms with E-state index in [0.717, 1.165) is 24.5 Å². The van der Waals surface area contributed by atoms with E-state index in [1.54, 1.807) is 6.07 Å². The van der Waals surface area contributed by atoms with Crippen molar-refractivity contribution in [1.29, 1.82) is 0 Å². The minimum Gasteiger partial charge on any atom is -0.478 e. The normalized spacial score (nSPS) is 14.3. The SMILES string of the molecule is CCC(=NOCc1c(Cc2ccc(C(=O)O)cc2C(=O)O)cccc1C1CC1)C(F)(F)F. The van der Waals surface area contributed by atoms with Crippen LogP contribution in [0.2, 0.25) is 0 Å². The van der Waals surface area contributed by atoms with E-state index < -0.39 is 23.8 Å². The average Bonchev–Trinajstić information content (AvgIpc) is 3.56. The number of carboxylic acids is 2. The van der Waals surface area contributed by atoms with Crippen molar-refractivity contribution in [3.05, 3.63) is 69.8 Å². The number of halogens is 3. The zero-order chi connectivity index (χ0) is 23.5. The van der Waals surface area contributed by atoms with Gasteiger partial charge in [-0.2, -0.15) is 13.2 Å². The number of oxime groups is 1. The van der Waals surface area contributed by atoms with E-state index in [-0.39, 0.29) is 36.5 Å². The fourth-order valence-electron chi connectivity index (χ4n) is 3.53. The highest BCUT2D eigenvalue weighted by molar-refractivity contribution is 5.95. The predicted octanol–water partition coefficient (Wildman–Crippen LogP) is 5.40. The van der Waals surface area contributed by atoms with Gasteiger partial charge >= 0.3 is 18.1 Å². The highest BCUT2D eigenvalue weighted by Crippen LogP contribution is 2.43. The standard InChI is InChI=1S/C23H22F3NO5/c1-2-20(23(24,25)26)27-32-12-19-14(4-3-5-17(19)13-6-7-13)10-15-8-9-16(21(28)29)11-18(15)22(30)31/h3-5,8-9,11,13H,2,6-7,10,12H2,1H3,(H,28,29)(H,30,31). The summed E-state index contributed by atoms with van der Waals surface area (Å²) in [6, 6.07) is 9.33. The van der Waals surface area contributed by atoms with Gasteiger partial charge < -0.3 is 15.1 Å². The van der Waals surface area contributed by atoms with Crippen LogP contribution in [-0.4, -0.2) is 34.0 Å². The van der Waals surface area contributed by atoms with E-state index in [0.29, 0.717) is 16.7 Å². The maximum atomic E-state index is 12.9. The Hall–Kier alpha value is -3.36. The number of benzene rings is 2. The van der Waals surface area contributed by atoms with Crippen LogP contribution in [0, 0.1) is 0 Å². The number of hydrogen-bond donors (Lipinski definition) is 2. The summed E-state index contributed by atoms with van der Waals surface area (Å²) >= 11 is 0. The van der Waals surface area contributed by atoms with Gasteiger partial charge in [0.25, 0.3) is 0 Å². The molecule has 9 heteroatoms. The van der Waals surface area contributed by atoms with E-state index in [9.17, 15) is 27.9 Å². The Bertz CT molecular complexity index is 1060. The summed E-state index contributed by atoms with van der Waals surface area (Å²) in [4.78, 5) is 28.0. The Labute approximate surface area is 182 Å². The molecule has 0 amide bonds. The predicted molar refractivity (Wildman–Crippen MR) is 110 cm³/mol. The molecule has 170 valence electrons. The number of carbonyl (C=O) groups is 2. The summed E-state index contributed by atoms with van der Waals surface area (Å²) in [6.45, 7) is 1.16. The first-order valence-electron chi connectivity index (χ1n) is 10.1. The van der Waals surface area contributed by atoms with Gasteiger partial charge in [-0.3, -0.25) is 0 Å². The van der Waals surface area contributed by atoms with Crippen LogP contribution in [0.3, 0.4) is 0 Å². The molecule has 0 aliphatic heterocycles. The van der Waals surface area contributed by atoms with Gasteiger partial charge in [-0.15, -0.1) is 0 Å². The van der Waals surface area contributed by atoms with Gasteiger partial charge in [0.15, 0.2) is 5.71 Å². The number of hydrogen-bond acceptors (Lipinski definition) is 4. The van der Waals surface area contributed by atoms with Crippen molar-refractivity contribution in [2.75, 3.05) is 0 Å². The first-order valence-corrected chi connectivity index (χ1v) is 10.1. The summed E-state index contributed by atoms with van der Waals surface area (Å²) in [5.74, 6) is -2.22. The molecule has 3 rings (SSSR count). The summed E-state index contributed by atoms with van der Waals surface area (Å²) in [7, 11) is 0. The topological polar surface area (TPSA) is 96.2 Å². The molecule has 1 aliphatic rings. The van der Waals surface area contributed by atoms with Gasteiger partial charge in [0, 0.05) is 0 Å². The smallest absolute Gasteiger partial charge is 0.432 e. The van der Waals surface area contributed by atoms with Crippen molar-refractivity contribution in [3.63, 3.8) is 0 Å². The van der Waals surface area contributed by atoms with Crippen molar-refractivity contribution < 1.29 is 37.8 Å². The van der Waals surface area contributed by atoms with Gasteiger partial charge in [0.2, 0.25) is 0 Å². The van der Waals surface area contributed by atoms with Crippen LogP contribution in [0.25, 0.3) is 0 Å². The fourth-order valence-corrected chi connectivity index (χ4v) is 3.53. The lowest BCUT2D eigenvalue weighted by molar-refractivity contribution is -0.0642. The second kappa shape index (κ2) is 9.42. The fraction of sp³-hybridized carbons (Fsp3) is 0.348. The first kappa shape index (κ1) is 23.3. The van der Waals surface area contributed by atoms with Crippen LogP contribution in [-0.2, 0) is 17.9 Å². The van der Waals surface area contributed by atoms with Gasteiger partial charge in [0.05, 0.1) is 11.1 Å². The maximum Gasteiger partial charge on any atom is 0.432 e. The summed E-state index contributed by atoms with van der Waals surface area (Å²) in [5.41, 5.74) is 1.41. The van der Waals surface area contributed by atoms with Gasteiger partial charge in [-0.25, -0.2) is 9.59 Å². The molecule has 2 aromatic rings. The van der Waals surface area contributed by atoms with Crippen molar-refractivity contribution in [2.45, 2.75) is 51.3 Å². The number of alkyl halides is 3. The van der Waals surface area contributed by atoms with E-state index in [1.165, 1.54) is 19.1 Å². The Morgan fingerprint density at radius 1 is 1.09 bits per heavy atom. The molecule has 1 fully saturated rings. The molecule has 0 spiro atoms. The van der Waals surface area contributed by atoms with Gasteiger partial charge in [0.1, 0.15) is 6.61 Å². The van der Waals surface area contributed by atoms with Crippen molar-refractivity contribution in [3.8, 4) is 0 Å². The maximum absolute atomic E-state index is 12.9. The molecule has 0 heterocycles. The second-order valence-corrected chi connectivity index (χ2v) is 7.58. The Morgan fingerprint density at radius 2 is 1.81 bits per heavy atom. The number of nitrogens with zero attached hydrogens (tertiary/aromatic N) is 1. The van der Waals surface area contributed by atoms with Crippen LogP contribution >= 0.6 is 0 Å². The molecule has 32 heavy (non-hydrogen) atoms. The van der Waals surface area contributed by atoms with Gasteiger partial charge in [-0.05, 0) is 66.0 Å². The van der Waals surface area contributed by atoms with E-state index in [1.807, 2.05) is 12.1 Å². The Morgan fingerprint density at radius 3 is 2.38 bits per heavy atom. The van der Waals surface area contributed by atoms with Crippen LogP contribution in [0.5, 0.6) is 0 Å². The monoisotopic (exact) mass is 449 g/mol. The molecule has 0 bridgehead atoms. The molecule has 0 unspecified atom stereocenters. The van der Waals surface area contributed by atoms with E-state index in [2.05, 4.69) is 5.16 Å². The van der Waals surface area contributed by atoms with Crippen LogP contribution in [0.1, 0.15) is 75.1 Å². The van der Waals surface area contributed by atoms with Gasteiger partial charge in [-0.1, -0.05) is 36.3 Å².